The Balaban J connectivity index is 1.22. The molecule has 0 radical (unpaired) electrons. The Kier molecular flexibility index (Phi) is 8.06. The molecule has 1 fully saturated rings. The molecule has 2 aromatic carbocycles. The van der Waals surface area contributed by atoms with Crippen molar-refractivity contribution in [3.05, 3.63) is 59.7 Å². The molecular weight excluding hydrogens is 444 g/mol. The molecule has 4 rings (SSSR count). The van der Waals surface area contributed by atoms with Crippen LogP contribution in [0.25, 0.3) is 11.1 Å². The molecule has 2 aromatic rings. The maximum Gasteiger partial charge on any atom is 0.407 e. The van der Waals surface area contributed by atoms with E-state index in [4.69, 9.17) is 4.74 Å². The number of fused-ring (bicyclic) bond motifs is 3. The molecule has 2 amide bonds. The van der Waals surface area contributed by atoms with Gasteiger partial charge in [0.05, 0.1) is 5.92 Å². The summed E-state index contributed by atoms with van der Waals surface area (Å²) in [6.45, 7) is 2.05. The van der Waals surface area contributed by atoms with Crippen molar-refractivity contribution in [1.29, 1.82) is 0 Å². The fourth-order valence-electron chi connectivity index (χ4n) is 5.40. The maximum absolute atomic E-state index is 12.4. The molecule has 7 heteroatoms. The Morgan fingerprint density at radius 2 is 1.60 bits per heavy atom. The molecule has 0 heterocycles. The van der Waals surface area contributed by atoms with Crippen LogP contribution in [0.1, 0.15) is 62.5 Å². The van der Waals surface area contributed by atoms with E-state index < -0.39 is 24.0 Å². The van der Waals surface area contributed by atoms with Crippen molar-refractivity contribution >= 4 is 18.0 Å². The summed E-state index contributed by atoms with van der Waals surface area (Å²) in [5, 5.41) is 14.9. The highest BCUT2D eigenvalue weighted by atomic mass is 16.5. The predicted octanol–water partition coefficient (Wildman–Crippen LogP) is 4.70. The van der Waals surface area contributed by atoms with Crippen molar-refractivity contribution in [2.45, 2.75) is 57.4 Å². The van der Waals surface area contributed by atoms with Crippen LogP contribution in [-0.2, 0) is 14.3 Å². The molecule has 3 N–H and O–H groups in total. The number of nitrogens with one attached hydrogen (secondary N) is 2. The molecule has 0 bridgehead atoms. The van der Waals surface area contributed by atoms with Crippen LogP contribution in [0.15, 0.2) is 48.5 Å². The zero-order valence-corrected chi connectivity index (χ0v) is 20.2. The minimum atomic E-state index is -0.873. The van der Waals surface area contributed by atoms with Crippen molar-refractivity contribution < 1.29 is 24.2 Å². The van der Waals surface area contributed by atoms with Gasteiger partial charge in [0.15, 0.2) is 0 Å². The molecule has 2 atom stereocenters. The normalized spacial score (nSPS) is 16.7. The van der Waals surface area contributed by atoms with E-state index in [2.05, 4.69) is 34.9 Å². The van der Waals surface area contributed by atoms with Crippen LogP contribution < -0.4 is 10.6 Å². The third kappa shape index (κ3) is 6.21. The van der Waals surface area contributed by atoms with Crippen molar-refractivity contribution in [3.8, 4) is 11.1 Å². The molecule has 2 aliphatic carbocycles. The van der Waals surface area contributed by atoms with E-state index in [-0.39, 0.29) is 31.4 Å². The second kappa shape index (κ2) is 11.4. The molecule has 0 saturated heterocycles. The van der Waals surface area contributed by atoms with Crippen molar-refractivity contribution in [1.82, 2.24) is 10.6 Å². The fraction of sp³-hybridized carbons (Fsp3) is 0.464. The Morgan fingerprint density at radius 3 is 2.20 bits per heavy atom. The van der Waals surface area contributed by atoms with E-state index in [1.54, 1.807) is 6.92 Å². The van der Waals surface area contributed by atoms with Gasteiger partial charge in [0, 0.05) is 24.9 Å². The fourth-order valence-corrected chi connectivity index (χ4v) is 5.40. The van der Waals surface area contributed by atoms with Gasteiger partial charge in [0.2, 0.25) is 5.91 Å². The molecule has 7 nitrogen and oxygen atoms in total. The monoisotopic (exact) mass is 478 g/mol. The highest BCUT2D eigenvalue weighted by Gasteiger charge is 2.29. The summed E-state index contributed by atoms with van der Waals surface area (Å²) in [5.74, 6) is -1.33. The molecule has 0 aromatic heterocycles. The van der Waals surface area contributed by atoms with Gasteiger partial charge >= 0.3 is 12.1 Å². The number of carbonyl (C=O) groups excluding carboxylic acids is 2. The largest absolute Gasteiger partial charge is 0.481 e. The first-order valence-electron chi connectivity index (χ1n) is 12.5. The number of hydrogen-bond donors (Lipinski definition) is 3. The molecule has 1 saturated carbocycles. The van der Waals surface area contributed by atoms with Crippen LogP contribution in [0.5, 0.6) is 0 Å². The van der Waals surface area contributed by atoms with Crippen LogP contribution >= 0.6 is 0 Å². The van der Waals surface area contributed by atoms with E-state index in [0.717, 1.165) is 47.9 Å². The van der Waals surface area contributed by atoms with Crippen LogP contribution in [0.4, 0.5) is 4.79 Å². The van der Waals surface area contributed by atoms with Crippen molar-refractivity contribution in [3.63, 3.8) is 0 Å². The molecule has 2 aliphatic rings. The zero-order chi connectivity index (χ0) is 24.8. The van der Waals surface area contributed by atoms with E-state index in [1.807, 2.05) is 24.3 Å². The van der Waals surface area contributed by atoms with Gasteiger partial charge < -0.3 is 20.5 Å². The number of alkyl carbamates (subject to hydrolysis) is 1. The van der Waals surface area contributed by atoms with Crippen LogP contribution in [-0.4, -0.2) is 42.3 Å². The summed E-state index contributed by atoms with van der Waals surface area (Å²) in [4.78, 5) is 36.3. The van der Waals surface area contributed by atoms with Gasteiger partial charge in [-0.25, -0.2) is 4.79 Å². The third-order valence-corrected chi connectivity index (χ3v) is 7.19. The quantitative estimate of drug-likeness (QED) is 0.459. The molecule has 0 spiro atoms. The van der Waals surface area contributed by atoms with E-state index >= 15 is 0 Å². The van der Waals surface area contributed by atoms with Crippen LogP contribution in [0.2, 0.25) is 0 Å². The van der Waals surface area contributed by atoms with E-state index in [1.165, 1.54) is 0 Å². The molecule has 0 aliphatic heterocycles. The summed E-state index contributed by atoms with van der Waals surface area (Å²) < 4.78 is 5.54. The number of rotatable bonds is 10. The lowest BCUT2D eigenvalue weighted by Crippen LogP contribution is -2.40. The average molecular weight is 479 g/mol. The molecule has 186 valence electrons. The first kappa shape index (κ1) is 24.8. The topological polar surface area (TPSA) is 105 Å². The van der Waals surface area contributed by atoms with Crippen molar-refractivity contribution in [2.75, 3.05) is 13.2 Å². The number of ether oxygens (including phenoxy) is 1. The molecule has 35 heavy (non-hydrogen) atoms. The number of amides is 2. The Bertz CT molecular complexity index is 1020. The van der Waals surface area contributed by atoms with Gasteiger partial charge in [-0.3, -0.25) is 9.59 Å². The van der Waals surface area contributed by atoms with Crippen molar-refractivity contribution in [2.24, 2.45) is 11.8 Å². The molecule has 2 unspecified atom stereocenters. The van der Waals surface area contributed by atoms with Gasteiger partial charge in [0.1, 0.15) is 6.61 Å². The minimum Gasteiger partial charge on any atom is -0.481 e. The maximum atomic E-state index is 12.4. The van der Waals surface area contributed by atoms with Gasteiger partial charge in [-0.05, 0) is 41.5 Å². The Hall–Kier alpha value is -3.35. The minimum absolute atomic E-state index is 0.0282. The summed E-state index contributed by atoms with van der Waals surface area (Å²) in [5.41, 5.74) is 4.60. The standard InChI is InChI=1S/C28H34N2O5/c1-18(14-26(31)29-16-20(27(32)33)15-19-8-2-3-9-19)30-28(34)35-17-25-23-12-6-4-10-21(23)22-11-5-7-13-24(22)25/h4-7,10-13,18-20,25H,2-3,8-9,14-17H2,1H3,(H,29,31)(H,30,34)(H,32,33). The lowest BCUT2D eigenvalue weighted by Gasteiger charge is -2.19. The smallest absolute Gasteiger partial charge is 0.407 e. The summed E-state index contributed by atoms with van der Waals surface area (Å²) in [6.07, 6.45) is 4.53. The lowest BCUT2D eigenvalue weighted by molar-refractivity contribution is -0.142. The number of carbonyl (C=O) groups is 3. The van der Waals surface area contributed by atoms with Gasteiger partial charge in [-0.2, -0.15) is 0 Å². The number of carboxylic acid groups (broad SMARTS) is 1. The second-order valence-corrected chi connectivity index (χ2v) is 9.80. The Morgan fingerprint density at radius 1 is 1.00 bits per heavy atom. The summed E-state index contributed by atoms with van der Waals surface area (Å²) in [7, 11) is 0. The van der Waals surface area contributed by atoms with Gasteiger partial charge in [0.25, 0.3) is 0 Å². The SMILES string of the molecule is CC(CC(=O)NCC(CC1CCCC1)C(=O)O)NC(=O)OCC1c2ccccc2-c2ccccc21. The average Bonchev–Trinajstić information content (AvgIpc) is 3.46. The zero-order valence-electron chi connectivity index (χ0n) is 20.2. The van der Waals surface area contributed by atoms with Crippen LogP contribution in [0.3, 0.4) is 0 Å². The number of hydrogen-bond acceptors (Lipinski definition) is 4. The Labute approximate surface area is 206 Å². The highest BCUT2D eigenvalue weighted by molar-refractivity contribution is 5.80. The highest BCUT2D eigenvalue weighted by Crippen LogP contribution is 2.44. The van der Waals surface area contributed by atoms with E-state index in [9.17, 15) is 19.5 Å². The third-order valence-electron chi connectivity index (χ3n) is 7.19. The second-order valence-electron chi connectivity index (χ2n) is 9.80. The number of aliphatic carboxylic acids is 1. The molecular formula is C28H34N2O5. The number of carboxylic acids is 1. The first-order valence-corrected chi connectivity index (χ1v) is 12.5. The van der Waals surface area contributed by atoms with E-state index in [0.29, 0.717) is 12.3 Å². The predicted molar refractivity (Wildman–Crippen MR) is 133 cm³/mol. The summed E-state index contributed by atoms with van der Waals surface area (Å²) >= 11 is 0. The van der Waals surface area contributed by atoms with Gasteiger partial charge in [-0.15, -0.1) is 0 Å². The van der Waals surface area contributed by atoms with Crippen LogP contribution in [0, 0.1) is 11.8 Å². The summed E-state index contributed by atoms with van der Waals surface area (Å²) in [6, 6.07) is 15.8. The first-order chi connectivity index (χ1) is 16.9. The lowest BCUT2D eigenvalue weighted by atomic mass is 9.93. The number of benzene rings is 2. The van der Waals surface area contributed by atoms with Gasteiger partial charge in [-0.1, -0.05) is 74.2 Å².